The number of aromatic nitrogens is 2. The highest BCUT2D eigenvalue weighted by Gasteiger charge is 2.09. The monoisotopic (exact) mass is 265 g/mol. The van der Waals surface area contributed by atoms with Crippen molar-refractivity contribution >= 4 is 11.7 Å². The highest BCUT2D eigenvalue weighted by atomic mass is 16.1. The van der Waals surface area contributed by atoms with Gasteiger partial charge in [-0.2, -0.15) is 0 Å². The number of nitrogens with zero attached hydrogens (tertiary/aromatic N) is 3. The van der Waals surface area contributed by atoms with E-state index < -0.39 is 0 Å². The Bertz CT molecular complexity index is 389. The van der Waals surface area contributed by atoms with Crippen LogP contribution in [-0.4, -0.2) is 53.7 Å². The second-order valence-electron chi connectivity index (χ2n) is 4.41. The van der Waals surface area contributed by atoms with Gasteiger partial charge in [0, 0.05) is 19.6 Å². The molecule has 1 amide bonds. The molecule has 0 saturated heterocycles. The maximum absolute atomic E-state index is 11.3. The van der Waals surface area contributed by atoms with E-state index in [0.29, 0.717) is 11.5 Å². The molecule has 6 heteroatoms. The van der Waals surface area contributed by atoms with Crippen LogP contribution >= 0.6 is 0 Å². The molecule has 0 bridgehead atoms. The Kier molecular flexibility index (Phi) is 6.21. The Balaban J connectivity index is 2.55. The first-order valence-corrected chi connectivity index (χ1v) is 6.65. The van der Waals surface area contributed by atoms with Crippen LogP contribution in [0.5, 0.6) is 0 Å². The standard InChI is InChI=1S/C13H23N5O/c1-5-18(6-2)9-10(3)15-12-8-7-11(16-17-12)13(19)14-4/h7-8,10H,5-6,9H2,1-4H3,(H,14,19)(H,15,17). The first kappa shape index (κ1) is 15.4. The maximum atomic E-state index is 11.3. The van der Waals surface area contributed by atoms with E-state index in [1.54, 1.807) is 19.2 Å². The number of rotatable bonds is 7. The number of hydrogen-bond acceptors (Lipinski definition) is 5. The quantitative estimate of drug-likeness (QED) is 0.769. The van der Waals surface area contributed by atoms with Crippen molar-refractivity contribution in [2.45, 2.75) is 26.8 Å². The molecule has 0 fully saturated rings. The number of carbonyl (C=O) groups excluding carboxylic acids is 1. The van der Waals surface area contributed by atoms with Crippen molar-refractivity contribution in [3.63, 3.8) is 0 Å². The van der Waals surface area contributed by atoms with Crippen molar-refractivity contribution in [3.05, 3.63) is 17.8 Å². The molecule has 0 aliphatic carbocycles. The predicted molar refractivity (Wildman–Crippen MR) is 76.3 cm³/mol. The van der Waals surface area contributed by atoms with Crippen LogP contribution in [0.4, 0.5) is 5.82 Å². The van der Waals surface area contributed by atoms with E-state index in [1.807, 2.05) is 0 Å². The molecule has 0 radical (unpaired) electrons. The SMILES string of the molecule is CCN(CC)CC(C)Nc1ccc(C(=O)NC)nn1. The van der Waals surface area contributed by atoms with Gasteiger partial charge in [0.05, 0.1) is 0 Å². The van der Waals surface area contributed by atoms with E-state index in [9.17, 15) is 4.79 Å². The number of amides is 1. The molecule has 1 unspecified atom stereocenters. The van der Waals surface area contributed by atoms with Gasteiger partial charge < -0.3 is 15.5 Å². The summed E-state index contributed by atoms with van der Waals surface area (Å²) in [4.78, 5) is 13.7. The highest BCUT2D eigenvalue weighted by Crippen LogP contribution is 2.05. The van der Waals surface area contributed by atoms with Gasteiger partial charge in [0.1, 0.15) is 5.82 Å². The summed E-state index contributed by atoms with van der Waals surface area (Å²) >= 11 is 0. The average Bonchev–Trinajstić information content (AvgIpc) is 2.44. The normalized spacial score (nSPS) is 12.3. The molecular formula is C13H23N5O. The summed E-state index contributed by atoms with van der Waals surface area (Å²) in [5, 5.41) is 13.7. The minimum Gasteiger partial charge on any atom is -0.365 e. The predicted octanol–water partition coefficient (Wildman–Crippen LogP) is 0.978. The molecule has 1 heterocycles. The van der Waals surface area contributed by atoms with Crippen molar-refractivity contribution in [2.75, 3.05) is 32.0 Å². The average molecular weight is 265 g/mol. The van der Waals surface area contributed by atoms with Crippen molar-refractivity contribution in [3.8, 4) is 0 Å². The van der Waals surface area contributed by atoms with Gasteiger partial charge in [-0.1, -0.05) is 13.8 Å². The lowest BCUT2D eigenvalue weighted by Gasteiger charge is -2.23. The van der Waals surface area contributed by atoms with E-state index in [4.69, 9.17) is 0 Å². The Morgan fingerprint density at radius 1 is 1.32 bits per heavy atom. The van der Waals surface area contributed by atoms with Gasteiger partial charge in [0.25, 0.3) is 5.91 Å². The largest absolute Gasteiger partial charge is 0.365 e. The molecular weight excluding hydrogens is 242 g/mol. The third-order valence-electron chi connectivity index (χ3n) is 2.95. The fourth-order valence-corrected chi connectivity index (χ4v) is 1.83. The summed E-state index contributed by atoms with van der Waals surface area (Å²) in [5.41, 5.74) is 0.324. The smallest absolute Gasteiger partial charge is 0.271 e. The van der Waals surface area contributed by atoms with Crippen molar-refractivity contribution < 1.29 is 4.79 Å². The van der Waals surface area contributed by atoms with Gasteiger partial charge in [-0.05, 0) is 32.1 Å². The zero-order valence-electron chi connectivity index (χ0n) is 12.1. The number of carbonyl (C=O) groups is 1. The number of nitrogens with one attached hydrogen (secondary N) is 2. The van der Waals surface area contributed by atoms with Gasteiger partial charge in [0.2, 0.25) is 0 Å². The number of likely N-dealkylation sites (N-methyl/N-ethyl adjacent to an activating group) is 1. The molecule has 0 saturated carbocycles. The van der Waals surface area contributed by atoms with Crippen LogP contribution in [0, 0.1) is 0 Å². The highest BCUT2D eigenvalue weighted by molar-refractivity contribution is 5.91. The Hall–Kier alpha value is -1.69. The fourth-order valence-electron chi connectivity index (χ4n) is 1.83. The zero-order chi connectivity index (χ0) is 14.3. The van der Waals surface area contributed by atoms with Crippen molar-refractivity contribution in [1.29, 1.82) is 0 Å². The molecule has 106 valence electrons. The Labute approximate surface area is 114 Å². The second kappa shape index (κ2) is 7.68. The maximum Gasteiger partial charge on any atom is 0.271 e. The van der Waals surface area contributed by atoms with Crippen molar-refractivity contribution in [1.82, 2.24) is 20.4 Å². The minimum absolute atomic E-state index is 0.227. The fraction of sp³-hybridized carbons (Fsp3) is 0.615. The van der Waals surface area contributed by atoms with E-state index in [1.165, 1.54) is 0 Å². The molecule has 6 nitrogen and oxygen atoms in total. The summed E-state index contributed by atoms with van der Waals surface area (Å²) in [6, 6.07) is 3.72. The number of hydrogen-bond donors (Lipinski definition) is 2. The van der Waals surface area contributed by atoms with Gasteiger partial charge in [-0.3, -0.25) is 4.79 Å². The summed E-state index contributed by atoms with van der Waals surface area (Å²) in [7, 11) is 1.57. The summed E-state index contributed by atoms with van der Waals surface area (Å²) in [6.45, 7) is 9.41. The molecule has 1 aromatic heterocycles. The minimum atomic E-state index is -0.227. The third-order valence-corrected chi connectivity index (χ3v) is 2.95. The third kappa shape index (κ3) is 4.82. The van der Waals surface area contributed by atoms with Crippen LogP contribution < -0.4 is 10.6 Å². The second-order valence-corrected chi connectivity index (χ2v) is 4.41. The number of anilines is 1. The van der Waals surface area contributed by atoms with Crippen LogP contribution in [0.15, 0.2) is 12.1 Å². The first-order valence-electron chi connectivity index (χ1n) is 6.65. The van der Waals surface area contributed by atoms with Gasteiger partial charge >= 0.3 is 0 Å². The van der Waals surface area contributed by atoms with E-state index in [0.717, 1.165) is 19.6 Å². The van der Waals surface area contributed by atoms with Crippen molar-refractivity contribution in [2.24, 2.45) is 0 Å². The molecule has 0 spiro atoms. The summed E-state index contributed by atoms with van der Waals surface area (Å²) in [6.07, 6.45) is 0. The molecule has 1 atom stereocenters. The molecule has 1 rings (SSSR count). The zero-order valence-corrected chi connectivity index (χ0v) is 12.1. The van der Waals surface area contributed by atoms with Gasteiger partial charge in [-0.25, -0.2) is 0 Å². The lowest BCUT2D eigenvalue weighted by Crippen LogP contribution is -2.35. The van der Waals surface area contributed by atoms with Gasteiger partial charge in [-0.15, -0.1) is 10.2 Å². The Morgan fingerprint density at radius 2 is 2.00 bits per heavy atom. The lowest BCUT2D eigenvalue weighted by molar-refractivity contribution is 0.0957. The van der Waals surface area contributed by atoms with Crippen LogP contribution in [0.2, 0.25) is 0 Å². The Morgan fingerprint density at radius 3 is 2.47 bits per heavy atom. The van der Waals surface area contributed by atoms with Crippen LogP contribution in [0.1, 0.15) is 31.3 Å². The lowest BCUT2D eigenvalue weighted by atomic mass is 10.3. The molecule has 2 N–H and O–H groups in total. The van der Waals surface area contributed by atoms with Crippen LogP contribution in [0.3, 0.4) is 0 Å². The van der Waals surface area contributed by atoms with Crippen LogP contribution in [-0.2, 0) is 0 Å². The molecule has 19 heavy (non-hydrogen) atoms. The molecule has 0 aromatic carbocycles. The topological polar surface area (TPSA) is 70.2 Å². The first-order chi connectivity index (χ1) is 9.10. The summed E-state index contributed by atoms with van der Waals surface area (Å²) < 4.78 is 0. The molecule has 0 aliphatic rings. The van der Waals surface area contributed by atoms with E-state index in [2.05, 4.69) is 46.5 Å². The van der Waals surface area contributed by atoms with Crippen LogP contribution in [0.25, 0.3) is 0 Å². The molecule has 1 aromatic rings. The summed E-state index contributed by atoms with van der Waals surface area (Å²) in [5.74, 6) is 0.461. The van der Waals surface area contributed by atoms with E-state index >= 15 is 0 Å². The van der Waals surface area contributed by atoms with E-state index in [-0.39, 0.29) is 11.9 Å². The van der Waals surface area contributed by atoms with Gasteiger partial charge in [0.15, 0.2) is 5.69 Å². The molecule has 0 aliphatic heterocycles.